The number of thiazole rings is 1. The van der Waals surface area contributed by atoms with E-state index in [1.165, 1.54) is 4.88 Å². The molecule has 1 atom stereocenters. The summed E-state index contributed by atoms with van der Waals surface area (Å²) in [5.41, 5.74) is 6.20. The largest absolute Gasteiger partial charge is 0.388 e. The molecule has 2 rings (SSSR count). The molecule has 2 heterocycles. The summed E-state index contributed by atoms with van der Waals surface area (Å²) in [5, 5.41) is 4.37. The molecule has 0 spiro atoms. The average Bonchev–Trinajstić information content (AvgIpc) is 2.88. The van der Waals surface area contributed by atoms with E-state index >= 15 is 0 Å². The molecule has 0 saturated carbocycles. The van der Waals surface area contributed by atoms with Gasteiger partial charge in [-0.25, -0.2) is 9.97 Å². The second-order valence-electron chi connectivity index (χ2n) is 4.16. The van der Waals surface area contributed by atoms with Crippen molar-refractivity contribution in [2.45, 2.75) is 26.3 Å². The van der Waals surface area contributed by atoms with Crippen LogP contribution in [0.15, 0.2) is 24.4 Å². The van der Waals surface area contributed by atoms with Gasteiger partial charge >= 0.3 is 0 Å². The van der Waals surface area contributed by atoms with Gasteiger partial charge in [0.05, 0.1) is 11.7 Å². The second-order valence-corrected chi connectivity index (χ2v) is 5.74. The van der Waals surface area contributed by atoms with Gasteiger partial charge < -0.3 is 11.1 Å². The highest BCUT2D eigenvalue weighted by molar-refractivity contribution is 7.80. The molecule has 2 aromatic rings. The molecule has 0 aromatic carbocycles. The van der Waals surface area contributed by atoms with Crippen LogP contribution in [0.4, 0.5) is 5.82 Å². The van der Waals surface area contributed by atoms with Crippen molar-refractivity contribution in [3.05, 3.63) is 40.0 Å². The topological polar surface area (TPSA) is 63.8 Å². The molecule has 0 fully saturated rings. The van der Waals surface area contributed by atoms with Crippen LogP contribution in [0.1, 0.15) is 35.5 Å². The molecule has 0 amide bonds. The van der Waals surface area contributed by atoms with Crippen LogP contribution in [0, 0.1) is 0 Å². The first-order chi connectivity index (χ1) is 9.10. The number of nitrogens with zero attached hydrogens (tertiary/aromatic N) is 2. The van der Waals surface area contributed by atoms with Crippen molar-refractivity contribution < 1.29 is 0 Å². The third-order valence-electron chi connectivity index (χ3n) is 2.66. The first-order valence-electron chi connectivity index (χ1n) is 6.08. The molecule has 0 aliphatic heterocycles. The molecule has 3 N–H and O–H groups in total. The Morgan fingerprint density at radius 1 is 1.53 bits per heavy atom. The maximum absolute atomic E-state index is 5.58. The molecular weight excluding hydrogens is 276 g/mol. The summed E-state index contributed by atoms with van der Waals surface area (Å²) in [6.07, 6.45) is 2.94. The lowest BCUT2D eigenvalue weighted by Crippen LogP contribution is -2.14. The monoisotopic (exact) mass is 292 g/mol. The molecule has 2 aromatic heterocycles. The van der Waals surface area contributed by atoms with Crippen molar-refractivity contribution in [3.8, 4) is 0 Å². The highest BCUT2D eigenvalue weighted by Gasteiger charge is 2.11. The van der Waals surface area contributed by atoms with Gasteiger partial charge in [0.2, 0.25) is 0 Å². The maximum atomic E-state index is 5.58. The van der Waals surface area contributed by atoms with Crippen LogP contribution in [0.5, 0.6) is 0 Å². The summed E-state index contributed by atoms with van der Waals surface area (Å²) in [7, 11) is 0. The molecule has 0 radical (unpaired) electrons. The third kappa shape index (κ3) is 3.48. The van der Waals surface area contributed by atoms with Crippen LogP contribution in [0.2, 0.25) is 0 Å². The Hall–Kier alpha value is -1.53. The number of hydrogen-bond acceptors (Lipinski definition) is 5. The lowest BCUT2D eigenvalue weighted by Gasteiger charge is -2.12. The van der Waals surface area contributed by atoms with Crippen LogP contribution in [-0.2, 0) is 6.42 Å². The van der Waals surface area contributed by atoms with E-state index in [4.69, 9.17) is 18.0 Å². The van der Waals surface area contributed by atoms with E-state index in [9.17, 15) is 0 Å². The SMILES string of the molecule is CCc1cnc(C(C)Nc2cccc(C(N)=S)n2)s1. The second kappa shape index (κ2) is 6.08. The summed E-state index contributed by atoms with van der Waals surface area (Å²) in [6.45, 7) is 4.19. The third-order valence-corrected chi connectivity index (χ3v) is 4.19. The number of hydrogen-bond donors (Lipinski definition) is 2. The van der Waals surface area contributed by atoms with E-state index in [0.717, 1.165) is 17.2 Å². The Balaban J connectivity index is 2.12. The van der Waals surface area contributed by atoms with E-state index in [0.29, 0.717) is 10.7 Å². The fourth-order valence-electron chi connectivity index (χ4n) is 1.62. The van der Waals surface area contributed by atoms with E-state index in [-0.39, 0.29) is 6.04 Å². The zero-order chi connectivity index (χ0) is 13.8. The fraction of sp³-hybridized carbons (Fsp3) is 0.308. The summed E-state index contributed by atoms with van der Waals surface area (Å²) in [5.74, 6) is 0.756. The van der Waals surface area contributed by atoms with Crippen molar-refractivity contribution in [2.75, 3.05) is 5.32 Å². The van der Waals surface area contributed by atoms with Crippen LogP contribution in [-0.4, -0.2) is 15.0 Å². The maximum Gasteiger partial charge on any atom is 0.127 e. The van der Waals surface area contributed by atoms with E-state index in [1.54, 1.807) is 17.4 Å². The normalized spacial score (nSPS) is 12.1. The van der Waals surface area contributed by atoms with Gasteiger partial charge in [0.15, 0.2) is 0 Å². The zero-order valence-electron chi connectivity index (χ0n) is 10.9. The van der Waals surface area contributed by atoms with Gasteiger partial charge in [-0.2, -0.15) is 0 Å². The predicted molar refractivity (Wildman–Crippen MR) is 83.7 cm³/mol. The van der Waals surface area contributed by atoms with Gasteiger partial charge in [0, 0.05) is 11.1 Å². The quantitative estimate of drug-likeness (QED) is 0.830. The first kappa shape index (κ1) is 13.9. The minimum Gasteiger partial charge on any atom is -0.388 e. The molecule has 19 heavy (non-hydrogen) atoms. The number of anilines is 1. The standard InChI is InChI=1S/C13H16N4S2/c1-3-9-7-15-13(19-9)8(2)16-11-6-4-5-10(17-11)12(14)18/h4-8H,3H2,1-2H3,(H2,14,18)(H,16,17). The number of rotatable bonds is 5. The van der Waals surface area contributed by atoms with Crippen LogP contribution >= 0.6 is 23.6 Å². The number of aromatic nitrogens is 2. The lowest BCUT2D eigenvalue weighted by atomic mass is 10.3. The summed E-state index contributed by atoms with van der Waals surface area (Å²) in [4.78, 5) is 10.4. The van der Waals surface area contributed by atoms with Gasteiger partial charge in [-0.05, 0) is 25.5 Å². The van der Waals surface area contributed by atoms with Gasteiger partial charge in [0.1, 0.15) is 15.8 Å². The highest BCUT2D eigenvalue weighted by Crippen LogP contribution is 2.23. The van der Waals surface area contributed by atoms with E-state index in [1.807, 2.05) is 18.3 Å². The Morgan fingerprint density at radius 2 is 2.32 bits per heavy atom. The van der Waals surface area contributed by atoms with E-state index in [2.05, 4.69) is 29.1 Å². The van der Waals surface area contributed by atoms with Crippen LogP contribution in [0.3, 0.4) is 0 Å². The molecule has 100 valence electrons. The van der Waals surface area contributed by atoms with Crippen LogP contribution in [0.25, 0.3) is 0 Å². The summed E-state index contributed by atoms with van der Waals surface area (Å²) in [6, 6.07) is 5.69. The van der Waals surface area contributed by atoms with Crippen molar-refractivity contribution >= 4 is 34.4 Å². The molecule has 0 aliphatic carbocycles. The first-order valence-corrected chi connectivity index (χ1v) is 7.30. The molecule has 1 unspecified atom stereocenters. The number of pyridine rings is 1. The molecular formula is C13H16N4S2. The Kier molecular flexibility index (Phi) is 4.44. The number of thiocarbonyl (C=S) groups is 1. The number of aryl methyl sites for hydroxylation is 1. The molecule has 0 aliphatic rings. The van der Waals surface area contributed by atoms with Gasteiger partial charge in [-0.3, -0.25) is 0 Å². The fourth-order valence-corrected chi connectivity index (χ4v) is 2.60. The van der Waals surface area contributed by atoms with E-state index < -0.39 is 0 Å². The Bertz CT molecular complexity index is 580. The van der Waals surface area contributed by atoms with Gasteiger partial charge in [-0.1, -0.05) is 25.2 Å². The van der Waals surface area contributed by atoms with Crippen molar-refractivity contribution in [1.29, 1.82) is 0 Å². The minimum absolute atomic E-state index is 0.111. The highest BCUT2D eigenvalue weighted by atomic mass is 32.1. The smallest absolute Gasteiger partial charge is 0.127 e. The Morgan fingerprint density at radius 3 is 2.95 bits per heavy atom. The molecule has 6 heteroatoms. The van der Waals surface area contributed by atoms with Crippen molar-refractivity contribution in [3.63, 3.8) is 0 Å². The Labute approximate surface area is 122 Å². The van der Waals surface area contributed by atoms with Crippen LogP contribution < -0.4 is 11.1 Å². The number of nitrogens with two attached hydrogens (primary N) is 1. The lowest BCUT2D eigenvalue weighted by molar-refractivity contribution is 0.860. The van der Waals surface area contributed by atoms with Crippen molar-refractivity contribution in [2.24, 2.45) is 5.73 Å². The minimum atomic E-state index is 0.111. The van der Waals surface area contributed by atoms with Gasteiger partial charge in [-0.15, -0.1) is 11.3 Å². The molecule has 0 bridgehead atoms. The summed E-state index contributed by atoms with van der Waals surface area (Å²) >= 11 is 6.64. The summed E-state index contributed by atoms with van der Waals surface area (Å²) < 4.78 is 0. The number of nitrogens with one attached hydrogen (secondary N) is 1. The zero-order valence-corrected chi connectivity index (χ0v) is 12.5. The molecule has 4 nitrogen and oxygen atoms in total. The predicted octanol–water partition coefficient (Wildman–Crippen LogP) is 2.91. The molecule has 0 saturated heterocycles. The van der Waals surface area contributed by atoms with Gasteiger partial charge in [0.25, 0.3) is 0 Å². The average molecular weight is 292 g/mol. The van der Waals surface area contributed by atoms with Crippen molar-refractivity contribution in [1.82, 2.24) is 9.97 Å².